The van der Waals surface area contributed by atoms with Crippen molar-refractivity contribution in [3.63, 3.8) is 0 Å². The molecule has 0 saturated heterocycles. The minimum absolute atomic E-state index is 0.00347. The number of amides is 3. The quantitative estimate of drug-likeness (QED) is 0.625. The van der Waals surface area contributed by atoms with Crippen molar-refractivity contribution in [2.75, 3.05) is 19.7 Å². The van der Waals surface area contributed by atoms with E-state index >= 15 is 0 Å². The molecule has 0 unspecified atom stereocenters. The minimum Gasteiger partial charge on any atom is -0.491 e. The Kier molecular flexibility index (Phi) is 8.12. The fourth-order valence-electron chi connectivity index (χ4n) is 3.82. The topological polar surface area (TPSA) is 61.9 Å². The van der Waals surface area contributed by atoms with E-state index in [1.54, 1.807) is 33.3 Å². The Morgan fingerprint density at radius 1 is 1.31 bits per heavy atom. The van der Waals surface area contributed by atoms with Gasteiger partial charge in [-0.1, -0.05) is 13.0 Å². The summed E-state index contributed by atoms with van der Waals surface area (Å²) in [5.74, 6) is -0.0538. The molecule has 2 atom stereocenters. The van der Waals surface area contributed by atoms with Gasteiger partial charge in [-0.15, -0.1) is 11.3 Å². The monoisotopic (exact) mass is 461 g/mol. The maximum atomic E-state index is 13.6. The van der Waals surface area contributed by atoms with Crippen molar-refractivity contribution >= 4 is 23.3 Å². The Labute approximate surface area is 193 Å². The molecule has 1 aliphatic rings. The van der Waals surface area contributed by atoms with Gasteiger partial charge in [-0.25, -0.2) is 9.18 Å². The Morgan fingerprint density at radius 2 is 2.09 bits per heavy atom. The molecule has 6 nitrogen and oxygen atoms in total. The summed E-state index contributed by atoms with van der Waals surface area (Å²) in [6.07, 6.45) is 1.52. The van der Waals surface area contributed by atoms with E-state index in [4.69, 9.17) is 4.74 Å². The van der Waals surface area contributed by atoms with Crippen LogP contribution in [0.4, 0.5) is 9.18 Å². The van der Waals surface area contributed by atoms with Crippen LogP contribution in [0.25, 0.3) is 0 Å². The van der Waals surface area contributed by atoms with Gasteiger partial charge in [0.15, 0.2) is 0 Å². The first-order valence-electron chi connectivity index (χ1n) is 11.1. The molecule has 2 aromatic rings. The number of fused-ring (bicyclic) bond motifs is 1. The highest BCUT2D eigenvalue weighted by Gasteiger charge is 2.34. The number of carbonyl (C=O) groups excluding carboxylic acids is 2. The molecule has 32 heavy (non-hydrogen) atoms. The lowest BCUT2D eigenvalue weighted by molar-refractivity contribution is -0.136. The summed E-state index contributed by atoms with van der Waals surface area (Å²) < 4.78 is 19.4. The van der Waals surface area contributed by atoms with Crippen LogP contribution in [0.2, 0.25) is 0 Å². The zero-order valence-corrected chi connectivity index (χ0v) is 20.0. The first-order valence-corrected chi connectivity index (χ1v) is 12.0. The molecule has 1 N–H and O–H groups in total. The van der Waals surface area contributed by atoms with Crippen LogP contribution >= 0.6 is 11.3 Å². The molecular weight excluding hydrogens is 429 g/mol. The summed E-state index contributed by atoms with van der Waals surface area (Å²) in [6.45, 7) is 8.53. The second-order valence-electron chi connectivity index (χ2n) is 8.41. The maximum absolute atomic E-state index is 13.6. The van der Waals surface area contributed by atoms with Crippen LogP contribution in [0.15, 0.2) is 35.7 Å². The van der Waals surface area contributed by atoms with Gasteiger partial charge in [0.1, 0.15) is 24.7 Å². The van der Waals surface area contributed by atoms with Crippen LogP contribution < -0.4 is 10.1 Å². The van der Waals surface area contributed by atoms with Gasteiger partial charge in [-0.05, 0) is 62.8 Å². The number of nitrogens with zero attached hydrogens (tertiary/aromatic N) is 2. The van der Waals surface area contributed by atoms with Gasteiger partial charge >= 0.3 is 6.03 Å². The Bertz CT molecular complexity index is 933. The van der Waals surface area contributed by atoms with E-state index in [-0.39, 0.29) is 49.0 Å². The van der Waals surface area contributed by atoms with Gasteiger partial charge in [0.2, 0.25) is 5.91 Å². The summed E-state index contributed by atoms with van der Waals surface area (Å²) in [7, 11) is 0. The highest BCUT2D eigenvalue weighted by atomic mass is 32.1. The lowest BCUT2D eigenvalue weighted by Crippen LogP contribution is -2.53. The van der Waals surface area contributed by atoms with Crippen molar-refractivity contribution in [2.24, 2.45) is 0 Å². The zero-order chi connectivity index (χ0) is 23.3. The third-order valence-corrected chi connectivity index (χ3v) is 6.72. The molecule has 174 valence electrons. The molecule has 3 amide bonds. The number of nitrogens with one attached hydrogen (secondary N) is 1. The van der Waals surface area contributed by atoms with Crippen molar-refractivity contribution < 1.29 is 18.7 Å². The number of benzene rings is 1. The molecule has 0 spiro atoms. The number of urea groups is 1. The standard InChI is InChI=1S/C24H32FN3O3S/c1-5-17(4)28(24(30)26-16(2)3)14-23(29)27-11-9-22-20(10-12-32-22)21(27)15-31-19-8-6-7-18(25)13-19/h6-8,10,12-13,16-17,21H,5,9,11,14-15H2,1-4H3,(H,26,30)/t17-,21+/m0/s1. The van der Waals surface area contributed by atoms with Crippen molar-refractivity contribution in [1.29, 1.82) is 0 Å². The number of ether oxygens (including phenoxy) is 1. The molecule has 0 radical (unpaired) electrons. The Hall–Kier alpha value is -2.61. The third-order valence-electron chi connectivity index (χ3n) is 5.72. The highest BCUT2D eigenvalue weighted by molar-refractivity contribution is 7.10. The summed E-state index contributed by atoms with van der Waals surface area (Å²) >= 11 is 1.67. The van der Waals surface area contributed by atoms with Crippen molar-refractivity contribution in [2.45, 2.75) is 58.7 Å². The number of carbonyl (C=O) groups is 2. The average molecular weight is 462 g/mol. The first-order chi connectivity index (χ1) is 15.3. The van der Waals surface area contributed by atoms with E-state index < -0.39 is 0 Å². The molecule has 1 aliphatic heterocycles. The van der Waals surface area contributed by atoms with E-state index in [1.165, 1.54) is 17.0 Å². The molecule has 0 aliphatic carbocycles. The van der Waals surface area contributed by atoms with Crippen LogP contribution in [0, 0.1) is 5.82 Å². The molecule has 1 aromatic heterocycles. The molecule has 8 heteroatoms. The molecule has 0 fully saturated rings. The summed E-state index contributed by atoms with van der Waals surface area (Å²) in [6, 6.07) is 7.43. The predicted octanol–water partition coefficient (Wildman–Crippen LogP) is 4.61. The van der Waals surface area contributed by atoms with Gasteiger partial charge < -0.3 is 19.9 Å². The van der Waals surface area contributed by atoms with Gasteiger partial charge in [0, 0.05) is 29.6 Å². The smallest absolute Gasteiger partial charge is 0.318 e. The Morgan fingerprint density at radius 3 is 2.78 bits per heavy atom. The maximum Gasteiger partial charge on any atom is 0.318 e. The van der Waals surface area contributed by atoms with Gasteiger partial charge in [-0.2, -0.15) is 0 Å². The average Bonchev–Trinajstić information content (AvgIpc) is 3.23. The molecule has 1 aromatic carbocycles. The Balaban J connectivity index is 1.78. The predicted molar refractivity (Wildman–Crippen MR) is 124 cm³/mol. The summed E-state index contributed by atoms with van der Waals surface area (Å²) in [4.78, 5) is 30.8. The SMILES string of the molecule is CC[C@H](C)N(CC(=O)N1CCc2sccc2[C@H]1COc1cccc(F)c1)C(=O)NC(C)C. The number of hydrogen-bond acceptors (Lipinski definition) is 4. The van der Waals surface area contributed by atoms with Crippen LogP contribution in [-0.2, 0) is 11.2 Å². The molecular formula is C24H32FN3O3S. The highest BCUT2D eigenvalue weighted by Crippen LogP contribution is 2.34. The second kappa shape index (κ2) is 10.8. The number of hydrogen-bond donors (Lipinski definition) is 1. The van der Waals surface area contributed by atoms with Gasteiger partial charge in [0.05, 0.1) is 6.04 Å². The van der Waals surface area contributed by atoms with E-state index in [1.807, 2.05) is 39.1 Å². The molecule has 3 rings (SSSR count). The fourth-order valence-corrected chi connectivity index (χ4v) is 4.75. The molecule has 2 heterocycles. The van der Waals surface area contributed by atoms with E-state index in [0.29, 0.717) is 12.3 Å². The fraction of sp³-hybridized carbons (Fsp3) is 0.500. The minimum atomic E-state index is -0.365. The van der Waals surface area contributed by atoms with Crippen molar-refractivity contribution in [1.82, 2.24) is 15.1 Å². The van der Waals surface area contributed by atoms with Crippen LogP contribution in [-0.4, -0.2) is 53.5 Å². The normalized spacial score (nSPS) is 16.4. The molecule has 0 saturated carbocycles. The summed E-state index contributed by atoms with van der Waals surface area (Å²) in [5.41, 5.74) is 1.06. The van der Waals surface area contributed by atoms with E-state index in [0.717, 1.165) is 18.4 Å². The number of halogens is 1. The van der Waals surface area contributed by atoms with Crippen molar-refractivity contribution in [3.05, 3.63) is 52.0 Å². The largest absolute Gasteiger partial charge is 0.491 e. The van der Waals surface area contributed by atoms with Crippen molar-refractivity contribution in [3.8, 4) is 5.75 Å². The van der Waals surface area contributed by atoms with E-state index in [2.05, 4.69) is 5.32 Å². The third kappa shape index (κ3) is 5.79. The van der Waals surface area contributed by atoms with Crippen LogP contribution in [0.5, 0.6) is 5.75 Å². The number of rotatable bonds is 8. The van der Waals surface area contributed by atoms with Gasteiger partial charge in [0.25, 0.3) is 0 Å². The first kappa shape index (κ1) is 24.0. The lowest BCUT2D eigenvalue weighted by atomic mass is 10.00. The van der Waals surface area contributed by atoms with Gasteiger partial charge in [-0.3, -0.25) is 4.79 Å². The molecule has 0 bridgehead atoms. The van der Waals surface area contributed by atoms with E-state index in [9.17, 15) is 14.0 Å². The van der Waals surface area contributed by atoms with Crippen LogP contribution in [0.1, 0.15) is 50.6 Å². The second-order valence-corrected chi connectivity index (χ2v) is 9.41. The van der Waals surface area contributed by atoms with Crippen LogP contribution in [0.3, 0.4) is 0 Å². The summed E-state index contributed by atoms with van der Waals surface area (Å²) in [5, 5.41) is 4.92. The lowest BCUT2D eigenvalue weighted by Gasteiger charge is -2.38. The number of thiophene rings is 1. The zero-order valence-electron chi connectivity index (χ0n) is 19.1.